The predicted octanol–water partition coefficient (Wildman–Crippen LogP) is 4.26. The van der Waals surface area contributed by atoms with Crippen LogP contribution in [-0.2, 0) is 6.42 Å². The van der Waals surface area contributed by atoms with E-state index in [1.165, 1.54) is 5.56 Å². The molecule has 3 nitrogen and oxygen atoms in total. The second-order valence-corrected chi connectivity index (χ2v) is 6.09. The van der Waals surface area contributed by atoms with Crippen molar-refractivity contribution in [2.75, 3.05) is 0 Å². The van der Waals surface area contributed by atoms with E-state index in [0.717, 1.165) is 18.4 Å². The summed E-state index contributed by atoms with van der Waals surface area (Å²) >= 11 is 3.66. The maximum Gasteiger partial charge on any atom is 0.269 e. The summed E-state index contributed by atoms with van der Waals surface area (Å²) in [4.78, 5) is 10.7. The molecule has 0 bridgehead atoms. The summed E-state index contributed by atoms with van der Waals surface area (Å²) < 4.78 is 0. The lowest BCUT2D eigenvalue weighted by Gasteiger charge is -2.13. The van der Waals surface area contributed by atoms with Gasteiger partial charge < -0.3 is 0 Å². The van der Waals surface area contributed by atoms with Gasteiger partial charge in [-0.1, -0.05) is 35.8 Å². The summed E-state index contributed by atoms with van der Waals surface area (Å²) in [6, 6.07) is 5.09. The van der Waals surface area contributed by atoms with Crippen LogP contribution in [0.15, 0.2) is 18.2 Å². The first kappa shape index (κ1) is 14.2. The van der Waals surface area contributed by atoms with Crippen LogP contribution in [0.2, 0.25) is 0 Å². The van der Waals surface area contributed by atoms with Crippen LogP contribution in [0.25, 0.3) is 0 Å². The molecule has 0 saturated heterocycles. The number of hydrogen-bond donors (Lipinski definition) is 0. The standard InChI is InChI=1S/C13H18BrNO2/c1-9(2)6-12(14)8-11-4-5-13(15(16)17)7-10(11)3/h4-5,7,9,12H,6,8H2,1-3H3. The van der Waals surface area contributed by atoms with Crippen molar-refractivity contribution in [1.82, 2.24) is 0 Å². The number of nitrogens with zero attached hydrogens (tertiary/aromatic N) is 1. The van der Waals surface area contributed by atoms with Crippen LogP contribution < -0.4 is 0 Å². The summed E-state index contributed by atoms with van der Waals surface area (Å²) in [6.07, 6.45) is 2.03. The van der Waals surface area contributed by atoms with Crippen LogP contribution in [0.5, 0.6) is 0 Å². The second kappa shape index (κ2) is 6.15. The molecule has 0 amide bonds. The fourth-order valence-electron chi connectivity index (χ4n) is 1.86. The Kier molecular flexibility index (Phi) is 5.12. The zero-order chi connectivity index (χ0) is 13.0. The lowest BCUT2D eigenvalue weighted by molar-refractivity contribution is -0.384. The van der Waals surface area contributed by atoms with Gasteiger partial charge in [0.1, 0.15) is 0 Å². The number of alkyl halides is 1. The van der Waals surface area contributed by atoms with Gasteiger partial charge in [-0.15, -0.1) is 0 Å². The SMILES string of the molecule is Cc1cc([N+](=O)[O-])ccc1CC(Br)CC(C)C. The molecule has 0 N–H and O–H groups in total. The van der Waals surface area contributed by atoms with E-state index in [0.29, 0.717) is 10.7 Å². The van der Waals surface area contributed by atoms with Crippen molar-refractivity contribution in [1.29, 1.82) is 0 Å². The van der Waals surface area contributed by atoms with Crippen molar-refractivity contribution in [3.05, 3.63) is 39.4 Å². The van der Waals surface area contributed by atoms with Crippen molar-refractivity contribution in [3.63, 3.8) is 0 Å². The predicted molar refractivity (Wildman–Crippen MR) is 73.7 cm³/mol. The third-order valence-corrected chi connectivity index (χ3v) is 3.40. The van der Waals surface area contributed by atoms with Gasteiger partial charge in [0.25, 0.3) is 5.69 Å². The number of nitro groups is 1. The Labute approximate surface area is 111 Å². The second-order valence-electron chi connectivity index (χ2n) is 4.80. The van der Waals surface area contributed by atoms with Gasteiger partial charge in [0.05, 0.1) is 4.92 Å². The van der Waals surface area contributed by atoms with Gasteiger partial charge in [0, 0.05) is 17.0 Å². The highest BCUT2D eigenvalue weighted by atomic mass is 79.9. The molecule has 4 heteroatoms. The van der Waals surface area contributed by atoms with Crippen LogP contribution in [0, 0.1) is 23.0 Å². The van der Waals surface area contributed by atoms with Crippen molar-refractivity contribution >= 4 is 21.6 Å². The van der Waals surface area contributed by atoms with Crippen molar-refractivity contribution in [3.8, 4) is 0 Å². The summed E-state index contributed by atoms with van der Waals surface area (Å²) in [5, 5.41) is 10.6. The average molecular weight is 300 g/mol. The highest BCUT2D eigenvalue weighted by Gasteiger charge is 2.12. The molecule has 0 aliphatic heterocycles. The molecule has 94 valence electrons. The first-order valence-corrected chi connectivity index (χ1v) is 6.69. The lowest BCUT2D eigenvalue weighted by Crippen LogP contribution is -2.07. The molecule has 1 aromatic carbocycles. The molecular weight excluding hydrogens is 282 g/mol. The maximum absolute atomic E-state index is 10.6. The number of non-ortho nitro benzene ring substituents is 1. The fraction of sp³-hybridized carbons (Fsp3) is 0.538. The number of aryl methyl sites for hydroxylation is 1. The minimum absolute atomic E-state index is 0.168. The maximum atomic E-state index is 10.6. The summed E-state index contributed by atoms with van der Waals surface area (Å²) in [5.41, 5.74) is 2.34. The zero-order valence-corrected chi connectivity index (χ0v) is 12.0. The van der Waals surface area contributed by atoms with Gasteiger partial charge in [0.15, 0.2) is 0 Å². The Morgan fingerprint density at radius 2 is 2.06 bits per heavy atom. The number of hydrogen-bond acceptors (Lipinski definition) is 2. The molecule has 0 heterocycles. The summed E-state index contributed by atoms with van der Waals surface area (Å²) in [7, 11) is 0. The minimum Gasteiger partial charge on any atom is -0.258 e. The van der Waals surface area contributed by atoms with Gasteiger partial charge in [0.2, 0.25) is 0 Å². The van der Waals surface area contributed by atoms with E-state index in [1.807, 2.05) is 13.0 Å². The molecule has 17 heavy (non-hydrogen) atoms. The number of benzene rings is 1. The quantitative estimate of drug-likeness (QED) is 0.463. The molecule has 0 aromatic heterocycles. The van der Waals surface area contributed by atoms with Crippen molar-refractivity contribution in [2.24, 2.45) is 5.92 Å². The zero-order valence-electron chi connectivity index (χ0n) is 10.4. The Hall–Kier alpha value is -0.900. The summed E-state index contributed by atoms with van der Waals surface area (Å²) in [6.45, 7) is 6.31. The van der Waals surface area contributed by atoms with Crippen LogP contribution in [0.4, 0.5) is 5.69 Å². The topological polar surface area (TPSA) is 43.1 Å². The molecule has 1 rings (SSSR count). The van der Waals surface area contributed by atoms with Gasteiger partial charge in [-0.3, -0.25) is 10.1 Å². The Morgan fingerprint density at radius 1 is 1.41 bits per heavy atom. The smallest absolute Gasteiger partial charge is 0.258 e. The number of halogens is 1. The van der Waals surface area contributed by atoms with E-state index in [1.54, 1.807) is 12.1 Å². The van der Waals surface area contributed by atoms with E-state index in [9.17, 15) is 10.1 Å². The first-order chi connectivity index (χ1) is 7.90. The van der Waals surface area contributed by atoms with Crippen molar-refractivity contribution in [2.45, 2.75) is 38.4 Å². The molecule has 0 fully saturated rings. The van der Waals surface area contributed by atoms with E-state index >= 15 is 0 Å². The third kappa shape index (κ3) is 4.46. The first-order valence-electron chi connectivity index (χ1n) is 5.78. The third-order valence-electron chi connectivity index (χ3n) is 2.71. The Bertz CT molecular complexity index is 404. The van der Waals surface area contributed by atoms with Gasteiger partial charge in [-0.2, -0.15) is 0 Å². The van der Waals surface area contributed by atoms with Crippen LogP contribution in [-0.4, -0.2) is 9.75 Å². The molecule has 0 spiro atoms. The average Bonchev–Trinajstić information content (AvgIpc) is 2.19. The van der Waals surface area contributed by atoms with Gasteiger partial charge in [-0.05, 0) is 36.8 Å². The fourth-order valence-corrected chi connectivity index (χ4v) is 2.95. The molecule has 1 unspecified atom stereocenters. The normalized spacial score (nSPS) is 12.8. The molecule has 0 radical (unpaired) electrons. The van der Waals surface area contributed by atoms with E-state index < -0.39 is 0 Å². The molecule has 0 saturated carbocycles. The largest absolute Gasteiger partial charge is 0.269 e. The molecule has 0 aliphatic rings. The Morgan fingerprint density at radius 3 is 2.53 bits per heavy atom. The van der Waals surface area contributed by atoms with E-state index in [4.69, 9.17) is 0 Å². The van der Waals surface area contributed by atoms with Crippen LogP contribution in [0.3, 0.4) is 0 Å². The molecular formula is C13H18BrNO2. The van der Waals surface area contributed by atoms with Crippen LogP contribution >= 0.6 is 15.9 Å². The molecule has 1 aromatic rings. The molecule has 1 atom stereocenters. The summed E-state index contributed by atoms with van der Waals surface area (Å²) in [5.74, 6) is 0.651. The number of nitro benzene ring substituents is 1. The van der Waals surface area contributed by atoms with E-state index in [2.05, 4.69) is 29.8 Å². The van der Waals surface area contributed by atoms with Gasteiger partial charge in [-0.25, -0.2) is 0 Å². The minimum atomic E-state index is -0.351. The monoisotopic (exact) mass is 299 g/mol. The molecule has 0 aliphatic carbocycles. The Balaban J connectivity index is 2.75. The highest BCUT2D eigenvalue weighted by molar-refractivity contribution is 9.09. The van der Waals surface area contributed by atoms with Gasteiger partial charge >= 0.3 is 0 Å². The number of rotatable bonds is 5. The van der Waals surface area contributed by atoms with E-state index in [-0.39, 0.29) is 10.6 Å². The lowest BCUT2D eigenvalue weighted by atomic mass is 9.99. The van der Waals surface area contributed by atoms with Crippen LogP contribution in [0.1, 0.15) is 31.4 Å². The highest BCUT2D eigenvalue weighted by Crippen LogP contribution is 2.22. The van der Waals surface area contributed by atoms with Crippen molar-refractivity contribution < 1.29 is 4.92 Å².